The Balaban J connectivity index is 1.77. The van der Waals surface area contributed by atoms with Crippen molar-refractivity contribution in [1.82, 2.24) is 9.13 Å². The largest absolute Gasteiger partial charge is 0.317 e. The molecule has 1 atom stereocenters. The lowest BCUT2D eigenvalue weighted by atomic mass is 10.3. The Kier molecular flexibility index (Phi) is 5.35. The average Bonchev–Trinajstić information content (AvgIpc) is 2.63. The maximum absolute atomic E-state index is 2.83. The van der Waals surface area contributed by atoms with Gasteiger partial charge in [-0.05, 0) is 17.3 Å². The van der Waals surface area contributed by atoms with E-state index in [9.17, 15) is 0 Å². The SMILES string of the molecule is CC1CN([Si](C)(C)c2ccccc2)CCN1[Si](C)(C)c1ccccc1. The average molecular weight is 369 g/mol. The molecule has 2 aromatic rings. The third-order valence-electron chi connectivity index (χ3n) is 6.10. The zero-order valence-corrected chi connectivity index (χ0v) is 18.4. The fourth-order valence-electron chi connectivity index (χ4n) is 4.34. The minimum atomic E-state index is -1.59. The highest BCUT2D eigenvalue weighted by molar-refractivity contribution is 6.88. The van der Waals surface area contributed by atoms with Gasteiger partial charge in [0.05, 0.1) is 0 Å². The number of rotatable bonds is 4. The van der Waals surface area contributed by atoms with Crippen LogP contribution < -0.4 is 10.4 Å². The van der Waals surface area contributed by atoms with Gasteiger partial charge in [-0.1, -0.05) is 86.9 Å². The first kappa shape index (κ1) is 18.6. The molecule has 134 valence electrons. The lowest BCUT2D eigenvalue weighted by Crippen LogP contribution is -2.71. The van der Waals surface area contributed by atoms with Crippen LogP contribution in [0.1, 0.15) is 6.92 Å². The van der Waals surface area contributed by atoms with E-state index >= 15 is 0 Å². The maximum Gasteiger partial charge on any atom is 0.154 e. The van der Waals surface area contributed by atoms with Gasteiger partial charge < -0.3 is 9.13 Å². The summed E-state index contributed by atoms with van der Waals surface area (Å²) >= 11 is 0. The summed E-state index contributed by atoms with van der Waals surface area (Å²) in [5, 5.41) is 3.10. The predicted octanol–water partition coefficient (Wildman–Crippen LogP) is 3.22. The van der Waals surface area contributed by atoms with Crippen molar-refractivity contribution in [2.75, 3.05) is 19.6 Å². The molecule has 1 aliphatic rings. The number of piperazine rings is 1. The molecule has 0 spiro atoms. The molecule has 1 aliphatic heterocycles. The van der Waals surface area contributed by atoms with Crippen LogP contribution in [-0.4, -0.2) is 51.3 Å². The van der Waals surface area contributed by atoms with Crippen LogP contribution in [0.4, 0.5) is 0 Å². The molecule has 1 fully saturated rings. The topological polar surface area (TPSA) is 6.48 Å². The van der Waals surface area contributed by atoms with Crippen molar-refractivity contribution in [2.45, 2.75) is 39.2 Å². The molecular formula is C21H32N2Si2. The number of nitrogens with zero attached hydrogens (tertiary/aromatic N) is 2. The van der Waals surface area contributed by atoms with E-state index in [2.05, 4.69) is 103 Å². The number of hydrogen-bond donors (Lipinski definition) is 0. The summed E-state index contributed by atoms with van der Waals surface area (Å²) in [5.74, 6) is 0. The summed E-state index contributed by atoms with van der Waals surface area (Å²) in [5.41, 5.74) is 0. The molecule has 0 bridgehead atoms. The van der Waals surface area contributed by atoms with E-state index in [1.54, 1.807) is 10.4 Å². The first-order chi connectivity index (χ1) is 11.8. The molecule has 4 heteroatoms. The van der Waals surface area contributed by atoms with E-state index in [4.69, 9.17) is 0 Å². The van der Waals surface area contributed by atoms with Crippen molar-refractivity contribution in [1.29, 1.82) is 0 Å². The van der Waals surface area contributed by atoms with Crippen molar-refractivity contribution >= 4 is 26.8 Å². The normalized spacial score (nSPS) is 20.6. The van der Waals surface area contributed by atoms with E-state index in [-0.39, 0.29) is 0 Å². The van der Waals surface area contributed by atoms with Crippen molar-refractivity contribution in [3.63, 3.8) is 0 Å². The molecule has 1 saturated heterocycles. The molecule has 0 aromatic heterocycles. The van der Waals surface area contributed by atoms with Crippen LogP contribution in [0.15, 0.2) is 60.7 Å². The van der Waals surface area contributed by atoms with Crippen molar-refractivity contribution in [3.05, 3.63) is 60.7 Å². The van der Waals surface area contributed by atoms with Crippen LogP contribution in [0, 0.1) is 0 Å². The molecule has 1 unspecified atom stereocenters. The molecule has 2 nitrogen and oxygen atoms in total. The molecule has 3 rings (SSSR count). The first-order valence-electron chi connectivity index (χ1n) is 9.46. The summed E-state index contributed by atoms with van der Waals surface area (Å²) in [7, 11) is -3.15. The van der Waals surface area contributed by atoms with Gasteiger partial charge >= 0.3 is 0 Å². The van der Waals surface area contributed by atoms with E-state index < -0.39 is 16.5 Å². The second kappa shape index (κ2) is 7.19. The second-order valence-electron chi connectivity index (χ2n) is 8.34. The Morgan fingerprint density at radius 3 is 1.68 bits per heavy atom. The zero-order valence-electron chi connectivity index (χ0n) is 16.4. The van der Waals surface area contributed by atoms with Crippen LogP contribution in [0.3, 0.4) is 0 Å². The minimum Gasteiger partial charge on any atom is -0.317 e. The second-order valence-corrected chi connectivity index (χ2v) is 16.9. The maximum atomic E-state index is 2.83. The van der Waals surface area contributed by atoms with E-state index in [1.165, 1.54) is 19.6 Å². The summed E-state index contributed by atoms with van der Waals surface area (Å²) in [6, 6.07) is 22.9. The van der Waals surface area contributed by atoms with Crippen LogP contribution in [-0.2, 0) is 0 Å². The molecule has 0 saturated carbocycles. The minimum absolute atomic E-state index is 0.617. The summed E-state index contributed by atoms with van der Waals surface area (Å²) in [6.45, 7) is 16.0. The molecular weight excluding hydrogens is 336 g/mol. The molecule has 0 radical (unpaired) electrons. The predicted molar refractivity (Wildman–Crippen MR) is 115 cm³/mol. The van der Waals surface area contributed by atoms with Crippen LogP contribution in [0.2, 0.25) is 26.2 Å². The van der Waals surface area contributed by atoms with Crippen LogP contribution in [0.25, 0.3) is 0 Å². The fourth-order valence-corrected chi connectivity index (χ4v) is 10.3. The van der Waals surface area contributed by atoms with Gasteiger partial charge in [0.2, 0.25) is 0 Å². The lowest BCUT2D eigenvalue weighted by Gasteiger charge is -2.51. The van der Waals surface area contributed by atoms with E-state index in [0.717, 1.165) is 0 Å². The Bertz CT molecular complexity index is 686. The van der Waals surface area contributed by atoms with Gasteiger partial charge in [0.25, 0.3) is 0 Å². The van der Waals surface area contributed by atoms with Crippen molar-refractivity contribution < 1.29 is 0 Å². The van der Waals surface area contributed by atoms with Crippen LogP contribution >= 0.6 is 0 Å². The Morgan fingerprint density at radius 2 is 1.20 bits per heavy atom. The molecule has 0 amide bonds. The zero-order chi connectivity index (χ0) is 18.1. The van der Waals surface area contributed by atoms with Crippen molar-refractivity contribution in [2.24, 2.45) is 0 Å². The van der Waals surface area contributed by atoms with Gasteiger partial charge in [-0.3, -0.25) is 0 Å². The van der Waals surface area contributed by atoms with E-state index in [0.29, 0.717) is 6.04 Å². The molecule has 2 aromatic carbocycles. The van der Waals surface area contributed by atoms with Gasteiger partial charge in [-0.2, -0.15) is 0 Å². The summed E-state index contributed by atoms with van der Waals surface area (Å²) in [6.07, 6.45) is 0. The lowest BCUT2D eigenvalue weighted by molar-refractivity contribution is 0.203. The highest BCUT2D eigenvalue weighted by Gasteiger charge is 2.41. The monoisotopic (exact) mass is 368 g/mol. The number of hydrogen-bond acceptors (Lipinski definition) is 2. The Labute approximate surface area is 155 Å². The Hall–Kier alpha value is -1.21. The summed E-state index contributed by atoms with van der Waals surface area (Å²) in [4.78, 5) is 0. The fraction of sp³-hybridized carbons (Fsp3) is 0.429. The smallest absolute Gasteiger partial charge is 0.154 e. The van der Waals surface area contributed by atoms with Gasteiger partial charge in [-0.25, -0.2) is 0 Å². The third-order valence-corrected chi connectivity index (χ3v) is 13.7. The number of benzene rings is 2. The van der Waals surface area contributed by atoms with Gasteiger partial charge in [-0.15, -0.1) is 0 Å². The van der Waals surface area contributed by atoms with Crippen LogP contribution in [0.5, 0.6) is 0 Å². The molecule has 0 aliphatic carbocycles. The van der Waals surface area contributed by atoms with E-state index in [1.807, 2.05) is 0 Å². The highest BCUT2D eigenvalue weighted by atomic mass is 28.3. The van der Waals surface area contributed by atoms with Crippen molar-refractivity contribution in [3.8, 4) is 0 Å². The molecule has 25 heavy (non-hydrogen) atoms. The van der Waals surface area contributed by atoms with Gasteiger partial charge in [0.15, 0.2) is 16.5 Å². The van der Waals surface area contributed by atoms with Gasteiger partial charge in [0, 0.05) is 25.7 Å². The molecule has 1 heterocycles. The first-order valence-corrected chi connectivity index (χ1v) is 15.4. The standard InChI is InChI=1S/C21H32N2Si2/c1-19-18-22(24(2,3)20-12-8-6-9-13-20)16-17-23(19)25(4,5)21-14-10-7-11-15-21/h6-15,19H,16-18H2,1-5H3. The highest BCUT2D eigenvalue weighted by Crippen LogP contribution is 2.22. The quantitative estimate of drug-likeness (QED) is 0.765. The Morgan fingerprint density at radius 1 is 0.720 bits per heavy atom. The molecule has 0 N–H and O–H groups in total. The van der Waals surface area contributed by atoms with Gasteiger partial charge in [0.1, 0.15) is 0 Å². The third kappa shape index (κ3) is 3.67. The summed E-state index contributed by atoms with van der Waals surface area (Å²) < 4.78 is 5.63.